The van der Waals surface area contributed by atoms with Gasteiger partial charge in [0.05, 0.1) is 6.33 Å². The van der Waals surface area contributed by atoms with E-state index in [9.17, 15) is 4.79 Å². The minimum Gasteiger partial charge on any atom is -0.341 e. The van der Waals surface area contributed by atoms with Gasteiger partial charge in [-0.2, -0.15) is 0 Å². The number of aromatic nitrogens is 2. The molecule has 0 aromatic carbocycles. The van der Waals surface area contributed by atoms with Crippen LogP contribution in [0.25, 0.3) is 0 Å². The first-order valence-corrected chi connectivity index (χ1v) is 8.14. The predicted octanol–water partition coefficient (Wildman–Crippen LogP) is 1.71. The first-order valence-electron chi connectivity index (χ1n) is 8.14. The number of hydrogen-bond acceptors (Lipinski definition) is 3. The van der Waals surface area contributed by atoms with E-state index in [2.05, 4.69) is 21.8 Å². The molecule has 5 nitrogen and oxygen atoms in total. The number of hydrogen-bond donors (Lipinski definition) is 1. The molecule has 1 amide bonds. The Morgan fingerprint density at radius 3 is 2.67 bits per heavy atom. The van der Waals surface area contributed by atoms with Crippen LogP contribution in [0.3, 0.4) is 0 Å². The third-order valence-electron chi connectivity index (χ3n) is 5.18. The molecular formula is C16H26N4O. The van der Waals surface area contributed by atoms with E-state index in [0.29, 0.717) is 0 Å². The average Bonchev–Trinajstić information content (AvgIpc) is 3.17. The molecule has 0 saturated carbocycles. The molecule has 0 bridgehead atoms. The molecule has 2 saturated heterocycles. The number of carbonyl (C=O) groups excluding carboxylic acids is 1. The minimum absolute atomic E-state index is 0.126. The predicted molar refractivity (Wildman–Crippen MR) is 82.2 cm³/mol. The van der Waals surface area contributed by atoms with Crippen molar-refractivity contribution in [3.05, 3.63) is 18.2 Å². The summed E-state index contributed by atoms with van der Waals surface area (Å²) in [5, 5.41) is 3.41. The Morgan fingerprint density at radius 2 is 2.00 bits per heavy atom. The van der Waals surface area contributed by atoms with Gasteiger partial charge in [0.1, 0.15) is 6.04 Å². The molecule has 0 spiro atoms. The van der Waals surface area contributed by atoms with E-state index in [1.54, 1.807) is 0 Å². The third kappa shape index (κ3) is 2.71. The molecule has 5 heteroatoms. The zero-order valence-electron chi connectivity index (χ0n) is 13.1. The molecule has 3 heterocycles. The normalized spacial score (nSPS) is 23.2. The van der Waals surface area contributed by atoms with E-state index in [-0.39, 0.29) is 17.4 Å². The van der Waals surface area contributed by atoms with Gasteiger partial charge in [-0.15, -0.1) is 0 Å². The van der Waals surface area contributed by atoms with Crippen LogP contribution in [0.2, 0.25) is 0 Å². The Hall–Kier alpha value is -1.36. The standard InChI is InChI=1S/C16H26N4O/c1-13(15(21)19-9-3-4-10-19)20-12-18-11-14(20)16(2)5-7-17-8-6-16/h11-13,17H,3-10H2,1-2H3. The molecule has 1 atom stereocenters. The van der Waals surface area contributed by atoms with Gasteiger partial charge in [-0.25, -0.2) is 4.98 Å². The SMILES string of the molecule is CC(C(=O)N1CCCC1)n1cncc1C1(C)CCNCC1. The molecule has 0 radical (unpaired) electrons. The summed E-state index contributed by atoms with van der Waals surface area (Å²) in [5.41, 5.74) is 1.34. The second-order valence-electron chi connectivity index (χ2n) is 6.71. The molecule has 3 rings (SSSR count). The molecule has 2 fully saturated rings. The van der Waals surface area contributed by atoms with Crippen molar-refractivity contribution in [2.75, 3.05) is 26.2 Å². The maximum Gasteiger partial charge on any atom is 0.245 e. The summed E-state index contributed by atoms with van der Waals surface area (Å²) in [6.45, 7) is 8.21. The van der Waals surface area contributed by atoms with Crippen LogP contribution in [-0.2, 0) is 10.2 Å². The van der Waals surface area contributed by atoms with E-state index in [0.717, 1.165) is 51.9 Å². The van der Waals surface area contributed by atoms with E-state index in [1.807, 2.05) is 24.3 Å². The Bertz CT molecular complexity index is 498. The van der Waals surface area contributed by atoms with Crippen molar-refractivity contribution >= 4 is 5.91 Å². The molecule has 1 unspecified atom stereocenters. The summed E-state index contributed by atoms with van der Waals surface area (Å²) in [6, 6.07) is -0.146. The van der Waals surface area contributed by atoms with Crippen LogP contribution in [0.5, 0.6) is 0 Å². The lowest BCUT2D eigenvalue weighted by atomic mass is 9.78. The average molecular weight is 290 g/mol. The summed E-state index contributed by atoms with van der Waals surface area (Å²) >= 11 is 0. The van der Waals surface area contributed by atoms with Gasteiger partial charge in [-0.1, -0.05) is 6.92 Å². The largest absolute Gasteiger partial charge is 0.341 e. The van der Waals surface area contributed by atoms with Crippen LogP contribution in [0.15, 0.2) is 12.5 Å². The number of piperidine rings is 1. The van der Waals surface area contributed by atoms with Crippen LogP contribution >= 0.6 is 0 Å². The fourth-order valence-corrected chi connectivity index (χ4v) is 3.64. The summed E-state index contributed by atoms with van der Waals surface area (Å²) in [4.78, 5) is 19.0. The zero-order chi connectivity index (χ0) is 14.9. The topological polar surface area (TPSA) is 50.2 Å². The molecular weight excluding hydrogens is 264 g/mol. The fourth-order valence-electron chi connectivity index (χ4n) is 3.64. The van der Waals surface area contributed by atoms with Gasteiger partial charge in [0.2, 0.25) is 5.91 Å². The van der Waals surface area contributed by atoms with Crippen LogP contribution in [0.1, 0.15) is 51.3 Å². The van der Waals surface area contributed by atoms with Crippen molar-refractivity contribution in [2.45, 2.75) is 51.0 Å². The molecule has 116 valence electrons. The molecule has 1 aromatic heterocycles. The van der Waals surface area contributed by atoms with E-state index in [1.165, 1.54) is 5.69 Å². The van der Waals surface area contributed by atoms with Crippen LogP contribution in [-0.4, -0.2) is 46.5 Å². The van der Waals surface area contributed by atoms with Gasteiger partial charge in [-0.05, 0) is 45.7 Å². The van der Waals surface area contributed by atoms with Gasteiger partial charge in [0.15, 0.2) is 0 Å². The number of likely N-dealkylation sites (tertiary alicyclic amines) is 1. The number of rotatable bonds is 3. The first kappa shape index (κ1) is 14.6. The quantitative estimate of drug-likeness (QED) is 0.922. The maximum atomic E-state index is 12.6. The first-order chi connectivity index (χ1) is 10.1. The number of carbonyl (C=O) groups is 1. The van der Waals surface area contributed by atoms with Gasteiger partial charge >= 0.3 is 0 Å². The highest BCUT2D eigenvalue weighted by molar-refractivity contribution is 5.80. The van der Waals surface area contributed by atoms with Crippen molar-refractivity contribution in [1.82, 2.24) is 19.8 Å². The Labute approximate surface area is 126 Å². The number of imidazole rings is 1. The van der Waals surface area contributed by atoms with E-state index < -0.39 is 0 Å². The van der Waals surface area contributed by atoms with Crippen molar-refractivity contribution in [3.63, 3.8) is 0 Å². The summed E-state index contributed by atoms with van der Waals surface area (Å²) in [6.07, 6.45) is 8.27. The highest BCUT2D eigenvalue weighted by Crippen LogP contribution is 2.34. The minimum atomic E-state index is -0.146. The second kappa shape index (κ2) is 5.79. The molecule has 1 N–H and O–H groups in total. The lowest BCUT2D eigenvalue weighted by Gasteiger charge is -2.36. The molecule has 1 aromatic rings. The molecule has 0 aliphatic carbocycles. The van der Waals surface area contributed by atoms with Crippen molar-refractivity contribution < 1.29 is 4.79 Å². The zero-order valence-corrected chi connectivity index (χ0v) is 13.1. The smallest absolute Gasteiger partial charge is 0.245 e. The summed E-state index contributed by atoms with van der Waals surface area (Å²) < 4.78 is 2.10. The van der Waals surface area contributed by atoms with Crippen LogP contribution in [0, 0.1) is 0 Å². The fraction of sp³-hybridized carbons (Fsp3) is 0.750. The Morgan fingerprint density at radius 1 is 1.33 bits per heavy atom. The van der Waals surface area contributed by atoms with Gasteiger partial charge in [-0.3, -0.25) is 4.79 Å². The van der Waals surface area contributed by atoms with E-state index in [4.69, 9.17) is 0 Å². The number of nitrogens with one attached hydrogen (secondary N) is 1. The second-order valence-corrected chi connectivity index (χ2v) is 6.71. The maximum absolute atomic E-state index is 12.6. The van der Waals surface area contributed by atoms with Crippen molar-refractivity contribution in [1.29, 1.82) is 0 Å². The lowest BCUT2D eigenvalue weighted by Crippen LogP contribution is -2.41. The van der Waals surface area contributed by atoms with Gasteiger partial charge in [0.25, 0.3) is 0 Å². The Kier molecular flexibility index (Phi) is 4.02. The van der Waals surface area contributed by atoms with Crippen molar-refractivity contribution in [3.8, 4) is 0 Å². The van der Waals surface area contributed by atoms with Crippen LogP contribution in [0.4, 0.5) is 0 Å². The molecule has 21 heavy (non-hydrogen) atoms. The Balaban J connectivity index is 1.82. The molecule has 2 aliphatic heterocycles. The third-order valence-corrected chi connectivity index (χ3v) is 5.18. The monoisotopic (exact) mass is 290 g/mol. The summed E-state index contributed by atoms with van der Waals surface area (Å²) in [5.74, 6) is 0.240. The number of amides is 1. The lowest BCUT2D eigenvalue weighted by molar-refractivity contribution is -0.133. The van der Waals surface area contributed by atoms with Gasteiger partial charge < -0.3 is 14.8 Å². The highest BCUT2D eigenvalue weighted by Gasteiger charge is 2.34. The van der Waals surface area contributed by atoms with E-state index >= 15 is 0 Å². The molecule has 2 aliphatic rings. The van der Waals surface area contributed by atoms with Gasteiger partial charge in [0, 0.05) is 30.4 Å². The number of nitrogens with zero attached hydrogens (tertiary/aromatic N) is 3. The van der Waals surface area contributed by atoms with Crippen LogP contribution < -0.4 is 5.32 Å². The highest BCUT2D eigenvalue weighted by atomic mass is 16.2. The summed E-state index contributed by atoms with van der Waals surface area (Å²) in [7, 11) is 0. The van der Waals surface area contributed by atoms with Crippen molar-refractivity contribution in [2.24, 2.45) is 0 Å².